The highest BCUT2D eigenvalue weighted by Crippen LogP contribution is 2.46. The van der Waals surface area contributed by atoms with Gasteiger partial charge in [-0.3, -0.25) is 19.3 Å². The number of sulfonamides is 1. The van der Waals surface area contributed by atoms with Crippen molar-refractivity contribution in [3.63, 3.8) is 0 Å². The van der Waals surface area contributed by atoms with Crippen LogP contribution in [0.25, 0.3) is 0 Å². The van der Waals surface area contributed by atoms with Crippen LogP contribution in [0.1, 0.15) is 61.6 Å². The Morgan fingerprint density at radius 2 is 1.88 bits per heavy atom. The first-order valence-electron chi connectivity index (χ1n) is 16.4. The van der Waals surface area contributed by atoms with E-state index in [0.29, 0.717) is 36.0 Å². The van der Waals surface area contributed by atoms with Crippen molar-refractivity contribution in [1.82, 2.24) is 24.7 Å². The molecule has 49 heavy (non-hydrogen) atoms. The highest BCUT2D eigenvalue weighted by molar-refractivity contribution is 7.90. The number of aryl methyl sites for hydroxylation is 1. The Balaban J connectivity index is 1.24. The fourth-order valence-corrected chi connectivity index (χ4v) is 8.47. The molecule has 0 radical (unpaired) electrons. The number of nitrogens with zero attached hydrogens (tertiary/aromatic N) is 2. The average Bonchev–Trinajstić information content (AvgIpc) is 3.37. The van der Waals surface area contributed by atoms with Crippen LogP contribution in [-0.4, -0.2) is 72.3 Å². The highest BCUT2D eigenvalue weighted by Gasteiger charge is 2.61. The maximum Gasteiger partial charge on any atom is 0.410 e. The Morgan fingerprint density at radius 1 is 1.08 bits per heavy atom. The summed E-state index contributed by atoms with van der Waals surface area (Å²) in [5, 5.41) is 2.79. The number of nitrogens with one attached hydrogen (secondary N) is 3. The molecule has 1 aliphatic carbocycles. The molecule has 262 valence electrons. The second-order valence-corrected chi connectivity index (χ2v) is 15.0. The summed E-state index contributed by atoms with van der Waals surface area (Å²) >= 11 is 6.02. The van der Waals surface area contributed by atoms with Crippen LogP contribution in [0, 0.1) is 18.7 Å². The second-order valence-electron chi connectivity index (χ2n) is 13.2. The summed E-state index contributed by atoms with van der Waals surface area (Å²) in [4.78, 5) is 60.0. The van der Waals surface area contributed by atoms with Crippen molar-refractivity contribution in [1.29, 1.82) is 0 Å². The summed E-state index contributed by atoms with van der Waals surface area (Å²) in [5.41, 5.74) is -0.0553. The lowest BCUT2D eigenvalue weighted by Gasteiger charge is -2.29. The maximum absolute atomic E-state index is 14.3. The lowest BCUT2D eigenvalue weighted by Crippen LogP contribution is -2.57. The molecule has 2 aromatic carbocycles. The molecule has 3 N–H and O–H groups in total. The summed E-state index contributed by atoms with van der Waals surface area (Å²) in [5.74, 6) is -2.94. The van der Waals surface area contributed by atoms with Gasteiger partial charge in [-0.15, -0.1) is 0 Å². The lowest BCUT2D eigenvalue weighted by molar-refractivity contribution is -0.141. The molecule has 3 aliphatic heterocycles. The van der Waals surface area contributed by atoms with Crippen LogP contribution in [0.4, 0.5) is 9.18 Å². The Hall–Kier alpha value is -4.01. The first kappa shape index (κ1) is 34.8. The van der Waals surface area contributed by atoms with E-state index in [1.54, 1.807) is 37.3 Å². The van der Waals surface area contributed by atoms with E-state index in [2.05, 4.69) is 14.9 Å². The highest BCUT2D eigenvalue weighted by atomic mass is 35.5. The molecule has 0 bridgehead atoms. The van der Waals surface area contributed by atoms with Gasteiger partial charge in [0.05, 0.1) is 18.0 Å². The molecule has 5 atom stereocenters. The number of benzene rings is 2. The largest absolute Gasteiger partial charge is 0.444 e. The molecule has 6 rings (SSSR count). The molecule has 0 aromatic heterocycles. The first-order valence-corrected chi connectivity index (χ1v) is 18.3. The van der Waals surface area contributed by atoms with Gasteiger partial charge in [-0.05, 0) is 67.6 Å². The number of fused-ring (bicyclic) bond motifs is 3. The van der Waals surface area contributed by atoms with E-state index in [-0.39, 0.29) is 37.4 Å². The molecular weight excluding hydrogens is 677 g/mol. The van der Waals surface area contributed by atoms with E-state index < -0.39 is 69.3 Å². The molecule has 2 fully saturated rings. The molecule has 12 nitrogen and oxygen atoms in total. The zero-order valence-electron chi connectivity index (χ0n) is 27.0. The van der Waals surface area contributed by atoms with Crippen molar-refractivity contribution in [2.24, 2.45) is 5.92 Å². The Morgan fingerprint density at radius 3 is 2.63 bits per heavy atom. The molecule has 4 aliphatic rings. The molecule has 2 aromatic rings. The molecular formula is C34H39ClFN5O7S. The van der Waals surface area contributed by atoms with Gasteiger partial charge in [0.15, 0.2) is 0 Å². The number of ether oxygens (including phenoxy) is 1. The van der Waals surface area contributed by atoms with Gasteiger partial charge in [0, 0.05) is 24.4 Å². The van der Waals surface area contributed by atoms with Crippen LogP contribution in [0.5, 0.6) is 0 Å². The normalized spacial score (nSPS) is 27.9. The molecule has 1 saturated heterocycles. The standard InChI is InChI=1S/C34H39ClFN5O7S/c1-21-10-7-8-15-29(21)49(46,47)39-32(44)34-17-23(34)12-5-3-2-4-6-14-27(38-35)31(43)41-19-24(16-28(41)30(42)37-34)48-33(45)40-18-22-11-9-13-26(36)25(22)20-40/h5,7-13,15,23-24,27-28,38H,2-4,6,14,16-20H2,1H3,(H,37,42)(H,39,44)/b12-5-/t23-,24-,27+,28+,34-/m1/s1. The number of carbonyl (C=O) groups excluding carboxylic acids is 4. The number of halogens is 2. The summed E-state index contributed by atoms with van der Waals surface area (Å²) in [6.07, 6.45) is 5.62. The zero-order valence-corrected chi connectivity index (χ0v) is 28.6. The van der Waals surface area contributed by atoms with E-state index >= 15 is 0 Å². The van der Waals surface area contributed by atoms with Crippen molar-refractivity contribution in [2.75, 3.05) is 6.54 Å². The minimum absolute atomic E-state index is 0.0241. The Labute approximate surface area is 289 Å². The molecule has 1 saturated carbocycles. The van der Waals surface area contributed by atoms with Gasteiger partial charge in [0.25, 0.3) is 15.9 Å². The van der Waals surface area contributed by atoms with Gasteiger partial charge in [-0.2, -0.15) is 0 Å². The monoisotopic (exact) mass is 715 g/mol. The third kappa shape index (κ3) is 7.17. The topological polar surface area (TPSA) is 154 Å². The number of carbonyl (C=O) groups is 4. The van der Waals surface area contributed by atoms with E-state index in [1.807, 2.05) is 12.2 Å². The first-order chi connectivity index (χ1) is 23.4. The lowest BCUT2D eigenvalue weighted by atomic mass is 10.1. The fraction of sp³-hybridized carbons (Fsp3) is 0.471. The molecule has 3 heterocycles. The summed E-state index contributed by atoms with van der Waals surface area (Å²) in [6, 6.07) is 8.90. The van der Waals surface area contributed by atoms with Crippen molar-refractivity contribution in [3.05, 3.63) is 77.1 Å². The van der Waals surface area contributed by atoms with Crippen molar-refractivity contribution in [3.8, 4) is 0 Å². The minimum Gasteiger partial charge on any atom is -0.444 e. The number of hydrogen-bond donors (Lipinski definition) is 3. The molecule has 0 spiro atoms. The summed E-state index contributed by atoms with van der Waals surface area (Å²) < 4.78 is 48.8. The average molecular weight is 716 g/mol. The SMILES string of the molecule is Cc1ccccc1S(=O)(=O)NC(=O)[C@@]12C[C@H]1/C=C\CCCCC[C@H](NCl)C(=O)N1C[C@H](OC(=O)N3Cc4cccc(F)c4C3)C[C@H]1C(=O)N2. The van der Waals surface area contributed by atoms with Gasteiger partial charge in [-0.1, -0.05) is 55.3 Å². The Kier molecular flexibility index (Phi) is 10.0. The Bertz CT molecular complexity index is 1790. The van der Waals surface area contributed by atoms with Gasteiger partial charge in [0.1, 0.15) is 29.5 Å². The predicted molar refractivity (Wildman–Crippen MR) is 177 cm³/mol. The molecule has 0 unspecified atom stereocenters. The van der Waals surface area contributed by atoms with Crippen LogP contribution in [0.2, 0.25) is 0 Å². The summed E-state index contributed by atoms with van der Waals surface area (Å²) in [7, 11) is -4.27. The van der Waals surface area contributed by atoms with E-state index in [1.165, 1.54) is 21.9 Å². The van der Waals surface area contributed by atoms with Crippen LogP contribution in [-0.2, 0) is 42.2 Å². The van der Waals surface area contributed by atoms with Gasteiger partial charge in [0.2, 0.25) is 11.8 Å². The predicted octanol–water partition coefficient (Wildman–Crippen LogP) is 3.57. The van der Waals surface area contributed by atoms with E-state index in [4.69, 9.17) is 16.5 Å². The van der Waals surface area contributed by atoms with Gasteiger partial charge < -0.3 is 15.0 Å². The van der Waals surface area contributed by atoms with Crippen LogP contribution < -0.4 is 14.9 Å². The zero-order chi connectivity index (χ0) is 34.9. The van der Waals surface area contributed by atoms with Crippen molar-refractivity contribution in [2.45, 2.75) is 93.6 Å². The van der Waals surface area contributed by atoms with Crippen LogP contribution >= 0.6 is 11.8 Å². The van der Waals surface area contributed by atoms with Crippen molar-refractivity contribution < 1.29 is 36.7 Å². The van der Waals surface area contributed by atoms with Gasteiger partial charge in [-0.25, -0.2) is 27.2 Å². The van der Waals surface area contributed by atoms with Crippen molar-refractivity contribution >= 4 is 45.6 Å². The minimum atomic E-state index is -4.27. The molecule has 4 amide bonds. The number of amides is 4. The number of hydrogen-bond acceptors (Lipinski definition) is 8. The fourth-order valence-electron chi connectivity index (χ4n) is 6.99. The van der Waals surface area contributed by atoms with Crippen LogP contribution in [0.3, 0.4) is 0 Å². The maximum atomic E-state index is 14.3. The van der Waals surface area contributed by atoms with Crippen LogP contribution in [0.15, 0.2) is 59.5 Å². The molecule has 15 heteroatoms. The smallest absolute Gasteiger partial charge is 0.410 e. The quantitative estimate of drug-likeness (QED) is 0.314. The summed E-state index contributed by atoms with van der Waals surface area (Å²) in [6.45, 7) is 1.68. The second kappa shape index (κ2) is 14.1. The van der Waals surface area contributed by atoms with E-state index in [0.717, 1.165) is 12.8 Å². The van der Waals surface area contributed by atoms with E-state index in [9.17, 15) is 32.0 Å². The third-order valence-electron chi connectivity index (χ3n) is 9.84. The third-order valence-corrected chi connectivity index (χ3v) is 11.6. The number of allylic oxidation sites excluding steroid dienone is 1. The number of rotatable bonds is 5. The van der Waals surface area contributed by atoms with Gasteiger partial charge >= 0.3 is 6.09 Å².